The summed E-state index contributed by atoms with van der Waals surface area (Å²) < 4.78 is 0. The van der Waals surface area contributed by atoms with Gasteiger partial charge in [-0.2, -0.15) is 0 Å². The smallest absolute Gasteiger partial charge is 0.0497 e. The molecule has 1 aliphatic rings. The summed E-state index contributed by atoms with van der Waals surface area (Å²) in [5.41, 5.74) is 7.29. The number of nitrogens with two attached hydrogens (primary N) is 1. The molecular formula is C17H26N2. The number of benzene rings is 1. The number of aryl methyl sites for hydroxylation is 1. The number of hydrogen-bond donors (Lipinski definition) is 2. The van der Waals surface area contributed by atoms with Gasteiger partial charge in [0.15, 0.2) is 0 Å². The minimum Gasteiger partial charge on any atom is -0.271 e. The molecule has 19 heavy (non-hydrogen) atoms. The zero-order valence-electron chi connectivity index (χ0n) is 12.0. The topological polar surface area (TPSA) is 38.0 Å². The molecule has 1 atom stereocenters. The molecule has 2 heteroatoms. The van der Waals surface area contributed by atoms with Crippen LogP contribution in [0.1, 0.15) is 62.6 Å². The molecule has 0 aromatic heterocycles. The lowest BCUT2D eigenvalue weighted by Gasteiger charge is -2.21. The van der Waals surface area contributed by atoms with E-state index in [2.05, 4.69) is 42.7 Å². The van der Waals surface area contributed by atoms with E-state index in [1.807, 2.05) is 0 Å². The van der Waals surface area contributed by atoms with Crippen molar-refractivity contribution in [2.24, 2.45) is 5.84 Å². The van der Waals surface area contributed by atoms with Crippen molar-refractivity contribution in [3.63, 3.8) is 0 Å². The molecule has 104 valence electrons. The Labute approximate surface area is 117 Å². The van der Waals surface area contributed by atoms with Crippen molar-refractivity contribution in [1.82, 2.24) is 5.43 Å². The minimum atomic E-state index is 0.251. The molecule has 0 amide bonds. The van der Waals surface area contributed by atoms with Crippen LogP contribution in [0.4, 0.5) is 0 Å². The van der Waals surface area contributed by atoms with E-state index in [1.165, 1.54) is 43.2 Å². The number of hydrazine groups is 1. The standard InChI is InChI=1S/C17H26N2/c1-2-7-14-10-6-11-16(12-14)17(19-18)13-15-8-4-3-5-9-15/h6,8,10-12,17,19H,2-5,7,9,13,18H2,1H3. The molecule has 0 heterocycles. The van der Waals surface area contributed by atoms with E-state index in [9.17, 15) is 0 Å². The van der Waals surface area contributed by atoms with Gasteiger partial charge in [-0.25, -0.2) is 0 Å². The van der Waals surface area contributed by atoms with E-state index in [-0.39, 0.29) is 6.04 Å². The highest BCUT2D eigenvalue weighted by atomic mass is 15.2. The summed E-state index contributed by atoms with van der Waals surface area (Å²) in [5, 5.41) is 0. The Hall–Kier alpha value is -1.12. The van der Waals surface area contributed by atoms with Crippen LogP contribution in [0.5, 0.6) is 0 Å². The second kappa shape index (κ2) is 7.46. The lowest BCUT2D eigenvalue weighted by Crippen LogP contribution is -2.28. The summed E-state index contributed by atoms with van der Waals surface area (Å²) in [6, 6.07) is 9.10. The number of hydrogen-bond acceptors (Lipinski definition) is 2. The zero-order chi connectivity index (χ0) is 13.5. The molecule has 3 N–H and O–H groups in total. The van der Waals surface area contributed by atoms with Gasteiger partial charge in [-0.05, 0) is 49.7 Å². The Morgan fingerprint density at radius 2 is 2.21 bits per heavy atom. The molecule has 2 nitrogen and oxygen atoms in total. The normalized spacial score (nSPS) is 17.1. The van der Waals surface area contributed by atoms with Crippen LogP contribution in [0.3, 0.4) is 0 Å². The number of allylic oxidation sites excluding steroid dienone is 1. The van der Waals surface area contributed by atoms with Crippen molar-refractivity contribution in [2.75, 3.05) is 0 Å². The van der Waals surface area contributed by atoms with E-state index < -0.39 is 0 Å². The summed E-state index contributed by atoms with van der Waals surface area (Å²) in [6.45, 7) is 2.22. The minimum absolute atomic E-state index is 0.251. The SMILES string of the molecule is CCCc1cccc(C(CC2=CCCCC2)NN)c1. The van der Waals surface area contributed by atoms with Crippen molar-refractivity contribution in [2.45, 2.75) is 57.9 Å². The van der Waals surface area contributed by atoms with Gasteiger partial charge in [-0.3, -0.25) is 11.3 Å². The van der Waals surface area contributed by atoms with Gasteiger partial charge < -0.3 is 0 Å². The molecule has 0 spiro atoms. The molecule has 0 aliphatic heterocycles. The summed E-state index contributed by atoms with van der Waals surface area (Å²) in [6.07, 6.45) is 10.9. The molecule has 0 fully saturated rings. The van der Waals surface area contributed by atoms with Crippen molar-refractivity contribution in [3.8, 4) is 0 Å². The van der Waals surface area contributed by atoms with Crippen LogP contribution < -0.4 is 11.3 Å². The van der Waals surface area contributed by atoms with Gasteiger partial charge >= 0.3 is 0 Å². The average Bonchev–Trinajstić information content (AvgIpc) is 2.46. The fourth-order valence-corrected chi connectivity index (χ4v) is 2.88. The Morgan fingerprint density at radius 1 is 1.32 bits per heavy atom. The van der Waals surface area contributed by atoms with Crippen LogP contribution in [0.2, 0.25) is 0 Å². The number of rotatable bonds is 6. The Morgan fingerprint density at radius 3 is 2.89 bits per heavy atom. The first-order valence-electron chi connectivity index (χ1n) is 7.56. The summed E-state index contributed by atoms with van der Waals surface area (Å²) in [4.78, 5) is 0. The fourth-order valence-electron chi connectivity index (χ4n) is 2.88. The maximum Gasteiger partial charge on any atom is 0.0497 e. The third-order valence-corrected chi connectivity index (χ3v) is 3.94. The second-order valence-corrected chi connectivity index (χ2v) is 5.53. The highest BCUT2D eigenvalue weighted by Crippen LogP contribution is 2.27. The summed E-state index contributed by atoms with van der Waals surface area (Å²) >= 11 is 0. The summed E-state index contributed by atoms with van der Waals surface area (Å²) in [7, 11) is 0. The van der Waals surface area contributed by atoms with Gasteiger partial charge in [0.2, 0.25) is 0 Å². The van der Waals surface area contributed by atoms with Gasteiger partial charge in [0.05, 0.1) is 0 Å². The predicted molar refractivity (Wildman–Crippen MR) is 81.7 cm³/mol. The van der Waals surface area contributed by atoms with E-state index in [4.69, 9.17) is 5.84 Å². The lowest BCUT2D eigenvalue weighted by molar-refractivity contribution is 0.528. The first-order chi connectivity index (χ1) is 9.33. The molecule has 1 unspecified atom stereocenters. The van der Waals surface area contributed by atoms with Gasteiger partial charge in [0, 0.05) is 6.04 Å². The van der Waals surface area contributed by atoms with E-state index in [1.54, 1.807) is 5.57 Å². The molecular weight excluding hydrogens is 232 g/mol. The van der Waals surface area contributed by atoms with E-state index in [0.717, 1.165) is 12.8 Å². The van der Waals surface area contributed by atoms with Crippen molar-refractivity contribution >= 4 is 0 Å². The Bertz CT molecular complexity index is 423. The number of nitrogens with one attached hydrogen (secondary N) is 1. The molecule has 0 saturated heterocycles. The van der Waals surface area contributed by atoms with Gasteiger partial charge in [0.25, 0.3) is 0 Å². The predicted octanol–water partition coefficient (Wildman–Crippen LogP) is 4.03. The molecule has 1 aromatic rings. The van der Waals surface area contributed by atoms with Gasteiger partial charge in [0.1, 0.15) is 0 Å². The second-order valence-electron chi connectivity index (χ2n) is 5.53. The maximum absolute atomic E-state index is 5.77. The van der Waals surface area contributed by atoms with Gasteiger partial charge in [-0.15, -0.1) is 0 Å². The summed E-state index contributed by atoms with van der Waals surface area (Å²) in [5.74, 6) is 5.77. The third kappa shape index (κ3) is 4.19. The van der Waals surface area contributed by atoms with Crippen LogP contribution in [-0.2, 0) is 6.42 Å². The van der Waals surface area contributed by atoms with Crippen LogP contribution in [-0.4, -0.2) is 0 Å². The maximum atomic E-state index is 5.77. The first-order valence-corrected chi connectivity index (χ1v) is 7.56. The monoisotopic (exact) mass is 258 g/mol. The Balaban J connectivity index is 2.07. The highest BCUT2D eigenvalue weighted by molar-refractivity contribution is 5.27. The van der Waals surface area contributed by atoms with Crippen LogP contribution in [0, 0.1) is 0 Å². The quantitative estimate of drug-likeness (QED) is 0.459. The third-order valence-electron chi connectivity index (χ3n) is 3.94. The molecule has 0 bridgehead atoms. The largest absolute Gasteiger partial charge is 0.271 e. The molecule has 0 radical (unpaired) electrons. The Kier molecular flexibility index (Phi) is 5.62. The lowest BCUT2D eigenvalue weighted by atomic mass is 9.91. The molecule has 1 aromatic carbocycles. The van der Waals surface area contributed by atoms with Crippen molar-refractivity contribution in [1.29, 1.82) is 0 Å². The average molecular weight is 258 g/mol. The van der Waals surface area contributed by atoms with Crippen LogP contribution in [0.25, 0.3) is 0 Å². The molecule has 2 rings (SSSR count). The van der Waals surface area contributed by atoms with Crippen molar-refractivity contribution < 1.29 is 0 Å². The first kappa shape index (κ1) is 14.3. The van der Waals surface area contributed by atoms with Crippen molar-refractivity contribution in [3.05, 3.63) is 47.0 Å². The zero-order valence-corrected chi connectivity index (χ0v) is 12.0. The molecule has 1 aliphatic carbocycles. The van der Waals surface area contributed by atoms with Gasteiger partial charge in [-0.1, -0.05) is 49.3 Å². The highest BCUT2D eigenvalue weighted by Gasteiger charge is 2.13. The van der Waals surface area contributed by atoms with E-state index in [0.29, 0.717) is 0 Å². The molecule has 0 saturated carbocycles. The van der Waals surface area contributed by atoms with E-state index >= 15 is 0 Å². The van der Waals surface area contributed by atoms with Crippen LogP contribution >= 0.6 is 0 Å². The van der Waals surface area contributed by atoms with Crippen LogP contribution in [0.15, 0.2) is 35.9 Å². The fraction of sp³-hybridized carbons (Fsp3) is 0.529.